The normalized spacial score (nSPS) is 19.7. The molecule has 310 valence electrons. The summed E-state index contributed by atoms with van der Waals surface area (Å²) in [5.74, 6) is 0.827. The molecular weight excluding hydrogens is 747 g/mol. The number of imidazole rings is 1. The number of likely N-dealkylation sites (tertiary alicyclic amines) is 4. The SMILES string of the molecule is O=C(Nc1ccc(-c2ccc(-c3cnc([C@@H]4CCCN4C(=O)Cc4ccccc4CN4CCCC4)[nH]3)cc2)cc1)[C@@H]1CCN(C(=O)Cc2ccccc2CN2CCCC2)C1. The lowest BCUT2D eigenvalue weighted by Crippen LogP contribution is -2.32. The molecule has 5 aromatic rings. The van der Waals surface area contributed by atoms with Crippen LogP contribution < -0.4 is 5.32 Å². The number of carbonyl (C=O) groups is 3. The second kappa shape index (κ2) is 18.4. The highest BCUT2D eigenvalue weighted by molar-refractivity contribution is 5.94. The van der Waals surface area contributed by atoms with Gasteiger partial charge in [0.1, 0.15) is 5.82 Å². The highest BCUT2D eigenvalue weighted by Crippen LogP contribution is 2.33. The van der Waals surface area contributed by atoms with Crippen LogP contribution in [-0.2, 0) is 40.3 Å². The highest BCUT2D eigenvalue weighted by Gasteiger charge is 2.33. The van der Waals surface area contributed by atoms with Crippen molar-refractivity contribution in [2.24, 2.45) is 5.92 Å². The van der Waals surface area contributed by atoms with Crippen LogP contribution in [0.25, 0.3) is 22.4 Å². The van der Waals surface area contributed by atoms with Crippen LogP contribution in [0.1, 0.15) is 79.1 Å². The maximum absolute atomic E-state index is 13.7. The van der Waals surface area contributed by atoms with Crippen LogP contribution in [0.2, 0.25) is 0 Å². The summed E-state index contributed by atoms with van der Waals surface area (Å²) >= 11 is 0. The fourth-order valence-electron chi connectivity index (χ4n) is 9.71. The molecule has 9 rings (SSSR count). The van der Waals surface area contributed by atoms with E-state index in [4.69, 9.17) is 4.98 Å². The molecule has 4 aliphatic heterocycles. The molecule has 0 radical (unpaired) electrons. The number of nitrogens with one attached hydrogen (secondary N) is 2. The van der Waals surface area contributed by atoms with Gasteiger partial charge in [0.05, 0.1) is 36.7 Å². The number of rotatable bonds is 13. The molecule has 5 heterocycles. The van der Waals surface area contributed by atoms with Gasteiger partial charge in [-0.1, -0.05) is 84.9 Å². The molecular formula is C50H57N7O3. The first-order valence-corrected chi connectivity index (χ1v) is 22.2. The standard InChI is InChI=1S/C50H57N7O3/c58-47(30-39-10-1-3-12-41(39)33-54-24-5-6-25-54)56-29-23-43(35-56)50(60)52-44-21-19-37(20-22-44)36-15-17-38(18-16-36)45-32-51-49(53-45)46-14-9-28-57(46)48(59)31-40-11-2-4-13-42(40)34-55-26-7-8-27-55/h1-4,10-13,15-22,32,43,46H,5-9,14,23-31,33-35H2,(H,51,53)(H,52,60)/t43-,46+/m1/s1. The van der Waals surface area contributed by atoms with Gasteiger partial charge >= 0.3 is 0 Å². The molecule has 3 amide bonds. The van der Waals surface area contributed by atoms with Crippen molar-refractivity contribution in [1.29, 1.82) is 0 Å². The van der Waals surface area contributed by atoms with Crippen molar-refractivity contribution >= 4 is 23.4 Å². The van der Waals surface area contributed by atoms with Gasteiger partial charge in [0.25, 0.3) is 0 Å². The van der Waals surface area contributed by atoms with Crippen molar-refractivity contribution in [2.75, 3.05) is 51.1 Å². The van der Waals surface area contributed by atoms with E-state index in [1.54, 1.807) is 0 Å². The third kappa shape index (κ3) is 9.25. The monoisotopic (exact) mass is 803 g/mol. The molecule has 0 aliphatic carbocycles. The molecule has 0 bridgehead atoms. The molecule has 4 aliphatic rings. The first-order valence-electron chi connectivity index (χ1n) is 22.2. The summed E-state index contributed by atoms with van der Waals surface area (Å²) in [7, 11) is 0. The van der Waals surface area contributed by atoms with Gasteiger partial charge in [-0.3, -0.25) is 24.2 Å². The van der Waals surface area contributed by atoms with Crippen LogP contribution in [0.5, 0.6) is 0 Å². The Morgan fingerprint density at radius 2 is 1.15 bits per heavy atom. The second-order valence-electron chi connectivity index (χ2n) is 17.3. The molecule has 2 N–H and O–H groups in total. The quantitative estimate of drug-likeness (QED) is 0.126. The Morgan fingerprint density at radius 3 is 1.77 bits per heavy atom. The van der Waals surface area contributed by atoms with Crippen molar-refractivity contribution in [3.8, 4) is 22.4 Å². The Morgan fingerprint density at radius 1 is 0.600 bits per heavy atom. The van der Waals surface area contributed by atoms with Gasteiger partial charge in [-0.15, -0.1) is 0 Å². The van der Waals surface area contributed by atoms with Crippen LogP contribution in [0.4, 0.5) is 5.69 Å². The Balaban J connectivity index is 0.768. The van der Waals surface area contributed by atoms with Crippen LogP contribution in [0.15, 0.2) is 103 Å². The molecule has 10 nitrogen and oxygen atoms in total. The number of H-pyrrole nitrogens is 1. The fraction of sp³-hybridized carbons (Fsp3) is 0.400. The number of amides is 3. The Hall–Kier alpha value is -5.58. The number of carbonyl (C=O) groups excluding carboxylic acids is 3. The smallest absolute Gasteiger partial charge is 0.229 e. The molecule has 0 saturated carbocycles. The number of aromatic amines is 1. The fourth-order valence-corrected chi connectivity index (χ4v) is 9.71. The molecule has 2 atom stereocenters. The molecule has 0 spiro atoms. The zero-order chi connectivity index (χ0) is 40.8. The minimum absolute atomic E-state index is 0.0425. The van der Waals surface area contributed by atoms with E-state index in [1.807, 2.05) is 52.4 Å². The van der Waals surface area contributed by atoms with E-state index in [-0.39, 0.29) is 29.7 Å². The van der Waals surface area contributed by atoms with Crippen LogP contribution >= 0.6 is 0 Å². The van der Waals surface area contributed by atoms with E-state index >= 15 is 0 Å². The van der Waals surface area contributed by atoms with Crippen molar-refractivity contribution in [3.05, 3.63) is 131 Å². The molecule has 10 heteroatoms. The van der Waals surface area contributed by atoms with Crippen molar-refractivity contribution in [3.63, 3.8) is 0 Å². The zero-order valence-corrected chi connectivity index (χ0v) is 34.7. The van der Waals surface area contributed by atoms with Crippen LogP contribution in [0, 0.1) is 5.92 Å². The summed E-state index contributed by atoms with van der Waals surface area (Å²) in [4.78, 5) is 57.6. The Bertz CT molecular complexity index is 2270. The van der Waals surface area contributed by atoms with E-state index in [1.165, 1.54) is 36.8 Å². The second-order valence-corrected chi connectivity index (χ2v) is 17.3. The van der Waals surface area contributed by atoms with E-state index in [2.05, 4.69) is 80.8 Å². The third-order valence-corrected chi connectivity index (χ3v) is 13.2. The Kier molecular flexibility index (Phi) is 12.2. The van der Waals surface area contributed by atoms with Gasteiger partial charge < -0.3 is 20.1 Å². The van der Waals surface area contributed by atoms with Gasteiger partial charge in [-0.05, 0) is 122 Å². The van der Waals surface area contributed by atoms with Gasteiger partial charge in [-0.2, -0.15) is 0 Å². The summed E-state index contributed by atoms with van der Waals surface area (Å²) in [6, 6.07) is 33.0. The Labute approximate surface area is 354 Å². The number of nitrogens with zero attached hydrogens (tertiary/aromatic N) is 5. The maximum Gasteiger partial charge on any atom is 0.229 e. The lowest BCUT2D eigenvalue weighted by atomic mass is 10.0. The molecule has 4 fully saturated rings. The van der Waals surface area contributed by atoms with Gasteiger partial charge in [0.15, 0.2) is 0 Å². The summed E-state index contributed by atoms with van der Waals surface area (Å²) < 4.78 is 0. The van der Waals surface area contributed by atoms with E-state index < -0.39 is 0 Å². The predicted octanol–water partition coefficient (Wildman–Crippen LogP) is 7.87. The summed E-state index contributed by atoms with van der Waals surface area (Å²) in [5, 5.41) is 3.09. The van der Waals surface area contributed by atoms with E-state index in [0.717, 1.165) is 104 Å². The summed E-state index contributed by atoms with van der Waals surface area (Å²) in [6.07, 6.45) is 10.2. The lowest BCUT2D eigenvalue weighted by Gasteiger charge is -2.24. The largest absolute Gasteiger partial charge is 0.342 e. The third-order valence-electron chi connectivity index (χ3n) is 13.2. The van der Waals surface area contributed by atoms with Gasteiger partial charge in [0, 0.05) is 38.4 Å². The topological polar surface area (TPSA) is 105 Å². The maximum atomic E-state index is 13.7. The summed E-state index contributed by atoms with van der Waals surface area (Å²) in [5.41, 5.74) is 9.54. The molecule has 1 aromatic heterocycles. The van der Waals surface area contributed by atoms with Gasteiger partial charge in [0.2, 0.25) is 17.7 Å². The number of anilines is 1. The minimum Gasteiger partial charge on any atom is -0.342 e. The first kappa shape index (κ1) is 39.9. The highest BCUT2D eigenvalue weighted by atomic mass is 16.2. The number of aromatic nitrogens is 2. The molecule has 4 saturated heterocycles. The van der Waals surface area contributed by atoms with Gasteiger partial charge in [-0.25, -0.2) is 4.98 Å². The van der Waals surface area contributed by atoms with Crippen LogP contribution in [-0.4, -0.2) is 93.1 Å². The first-order chi connectivity index (χ1) is 29.4. The molecule has 0 unspecified atom stereocenters. The molecule has 60 heavy (non-hydrogen) atoms. The minimum atomic E-state index is -0.228. The van der Waals surface area contributed by atoms with E-state index in [0.29, 0.717) is 32.4 Å². The lowest BCUT2D eigenvalue weighted by molar-refractivity contribution is -0.132. The van der Waals surface area contributed by atoms with E-state index in [9.17, 15) is 14.4 Å². The summed E-state index contributed by atoms with van der Waals surface area (Å²) in [6.45, 7) is 8.13. The zero-order valence-electron chi connectivity index (χ0n) is 34.7. The van der Waals surface area contributed by atoms with Crippen molar-refractivity contribution in [2.45, 2.75) is 76.9 Å². The van der Waals surface area contributed by atoms with Crippen molar-refractivity contribution in [1.82, 2.24) is 29.6 Å². The number of hydrogen-bond acceptors (Lipinski definition) is 6. The van der Waals surface area contributed by atoms with Crippen LogP contribution in [0.3, 0.4) is 0 Å². The van der Waals surface area contributed by atoms with Crippen molar-refractivity contribution < 1.29 is 14.4 Å². The molecule has 4 aromatic carbocycles. The number of benzene rings is 4. The number of hydrogen-bond donors (Lipinski definition) is 2. The average Bonchev–Trinajstić information content (AvgIpc) is 4.13. The predicted molar refractivity (Wildman–Crippen MR) is 236 cm³/mol. The average molecular weight is 804 g/mol.